The number of rotatable bonds is 12. The summed E-state index contributed by atoms with van der Waals surface area (Å²) in [5.74, 6) is 1.91. The lowest BCUT2D eigenvalue weighted by Gasteiger charge is -2.13. The molecule has 0 saturated heterocycles. The van der Waals surface area contributed by atoms with Crippen molar-refractivity contribution in [3.05, 3.63) is 176 Å². The molecule has 0 aliphatic heterocycles. The SMILES string of the molecule is CCc1nc2cc(C(F)(F)F)c(Cl)cc2n1-c1ccc(CCc2ccccc2OC(=O)Oc2ccccc2CCc2ccc(-n3c(CC)nc4cc(C(F)(F)F)c(Cl)cc43)cc2)cc1. The van der Waals surface area contributed by atoms with Gasteiger partial charge in [-0.1, -0.05) is 97.7 Å². The summed E-state index contributed by atoms with van der Waals surface area (Å²) in [5.41, 5.74) is 4.52. The van der Waals surface area contributed by atoms with Crippen LogP contribution in [-0.2, 0) is 50.9 Å². The minimum atomic E-state index is -4.60. The van der Waals surface area contributed by atoms with Gasteiger partial charge in [0.05, 0.1) is 43.2 Å². The lowest BCUT2D eigenvalue weighted by molar-refractivity contribution is -0.138. The molecule has 15 heteroatoms. The summed E-state index contributed by atoms with van der Waals surface area (Å²) < 4.78 is 96.3. The van der Waals surface area contributed by atoms with Crippen molar-refractivity contribution in [3.63, 3.8) is 0 Å². The number of aromatic nitrogens is 4. The van der Waals surface area contributed by atoms with Crippen LogP contribution in [0, 0.1) is 0 Å². The fourth-order valence-corrected chi connectivity index (χ4v) is 8.31. The first kappa shape index (κ1) is 44.3. The van der Waals surface area contributed by atoms with Crippen LogP contribution in [0.1, 0.15) is 58.9 Å². The number of nitrogens with zero attached hydrogens (tertiary/aromatic N) is 4. The number of hydrogen-bond acceptors (Lipinski definition) is 5. The maximum atomic E-state index is 13.5. The van der Waals surface area contributed by atoms with Gasteiger partial charge in [-0.2, -0.15) is 26.3 Å². The second kappa shape index (κ2) is 18.1. The van der Waals surface area contributed by atoms with Crippen LogP contribution >= 0.6 is 23.2 Å². The maximum absolute atomic E-state index is 13.5. The first-order valence-electron chi connectivity index (χ1n) is 20.4. The summed E-state index contributed by atoms with van der Waals surface area (Å²) in [6, 6.07) is 34.3. The highest BCUT2D eigenvalue weighted by atomic mass is 35.5. The van der Waals surface area contributed by atoms with Gasteiger partial charge in [-0.3, -0.25) is 9.13 Å². The van der Waals surface area contributed by atoms with E-state index in [0.29, 0.717) is 72.7 Å². The molecule has 8 rings (SSSR count). The molecule has 2 heterocycles. The average Bonchev–Trinajstić information content (AvgIpc) is 3.82. The molecule has 0 saturated carbocycles. The standard InChI is InChI=1S/C49H38Cl2F6N4O3/c1-3-45-58-39-25-35(48(52,53)54)37(50)27-41(39)60(45)33-21-15-29(16-22-33)13-19-31-9-5-7-11-43(31)63-47(62)64-44-12-8-6-10-32(44)20-14-30-17-23-34(24-18-30)61-42-28-38(51)36(49(55,56)57)26-40(42)59-46(61)4-2/h5-12,15-18,21-28H,3-4,13-14,19-20H2,1-2H3. The predicted molar refractivity (Wildman–Crippen MR) is 235 cm³/mol. The van der Waals surface area contributed by atoms with Crippen molar-refractivity contribution in [1.82, 2.24) is 19.1 Å². The van der Waals surface area contributed by atoms with Crippen LogP contribution in [0.25, 0.3) is 33.4 Å². The molecule has 8 aromatic rings. The van der Waals surface area contributed by atoms with Crippen molar-refractivity contribution in [2.45, 2.75) is 64.7 Å². The van der Waals surface area contributed by atoms with Crippen molar-refractivity contribution in [2.24, 2.45) is 0 Å². The monoisotopic (exact) mass is 914 g/mol. The van der Waals surface area contributed by atoms with Gasteiger partial charge in [0, 0.05) is 24.2 Å². The molecule has 7 nitrogen and oxygen atoms in total. The van der Waals surface area contributed by atoms with Crippen molar-refractivity contribution < 1.29 is 40.6 Å². The van der Waals surface area contributed by atoms with E-state index in [1.807, 2.05) is 95.8 Å². The van der Waals surface area contributed by atoms with E-state index < -0.39 is 39.7 Å². The Morgan fingerprint density at radius 2 is 0.922 bits per heavy atom. The summed E-state index contributed by atoms with van der Waals surface area (Å²) in [6.45, 7) is 3.76. The predicted octanol–water partition coefficient (Wildman–Crippen LogP) is 14.0. The molecule has 6 aromatic carbocycles. The molecule has 328 valence electrons. The van der Waals surface area contributed by atoms with Gasteiger partial charge in [-0.05, 0) is 109 Å². The number of alkyl halides is 6. The van der Waals surface area contributed by atoms with Gasteiger partial charge in [0.2, 0.25) is 0 Å². The van der Waals surface area contributed by atoms with Crippen LogP contribution in [0.4, 0.5) is 31.1 Å². The molecule has 0 aliphatic carbocycles. The van der Waals surface area contributed by atoms with Crippen LogP contribution in [0.2, 0.25) is 10.0 Å². The van der Waals surface area contributed by atoms with E-state index in [-0.39, 0.29) is 11.0 Å². The fourth-order valence-electron chi connectivity index (χ4n) is 7.78. The number of para-hydroxylation sites is 2. The Morgan fingerprint density at radius 3 is 1.28 bits per heavy atom. The lowest BCUT2D eigenvalue weighted by atomic mass is 10.0. The Labute approximate surface area is 373 Å². The summed E-state index contributed by atoms with van der Waals surface area (Å²) in [4.78, 5) is 22.1. The number of halogens is 8. The molecule has 0 unspecified atom stereocenters. The number of fused-ring (bicyclic) bond motifs is 2. The molecule has 2 aromatic heterocycles. The van der Waals surface area contributed by atoms with E-state index in [1.54, 1.807) is 24.3 Å². The molecule has 0 N–H and O–H groups in total. The number of ether oxygens (including phenoxy) is 2. The zero-order chi connectivity index (χ0) is 45.3. The van der Waals surface area contributed by atoms with E-state index in [9.17, 15) is 31.1 Å². The van der Waals surface area contributed by atoms with Crippen molar-refractivity contribution in [2.75, 3.05) is 0 Å². The highest BCUT2D eigenvalue weighted by Crippen LogP contribution is 2.39. The van der Waals surface area contributed by atoms with Gasteiger partial charge in [-0.15, -0.1) is 0 Å². The van der Waals surface area contributed by atoms with Crippen LogP contribution < -0.4 is 9.47 Å². The zero-order valence-electron chi connectivity index (χ0n) is 34.3. The smallest absolute Gasteiger partial charge is 0.394 e. The largest absolute Gasteiger partial charge is 0.519 e. The summed E-state index contributed by atoms with van der Waals surface area (Å²) >= 11 is 12.1. The van der Waals surface area contributed by atoms with Crippen LogP contribution in [0.5, 0.6) is 11.5 Å². The van der Waals surface area contributed by atoms with Gasteiger partial charge in [0.15, 0.2) is 0 Å². The summed E-state index contributed by atoms with van der Waals surface area (Å²) in [5, 5.41) is -0.790. The van der Waals surface area contributed by atoms with E-state index >= 15 is 0 Å². The summed E-state index contributed by atoms with van der Waals surface area (Å²) in [7, 11) is 0. The molecular weight excluding hydrogens is 877 g/mol. The third kappa shape index (κ3) is 9.32. The van der Waals surface area contributed by atoms with Crippen LogP contribution in [-0.4, -0.2) is 25.3 Å². The Balaban J connectivity index is 0.905. The minimum Gasteiger partial charge on any atom is -0.394 e. The van der Waals surface area contributed by atoms with Crippen LogP contribution in [0.15, 0.2) is 121 Å². The molecule has 0 bridgehead atoms. The van der Waals surface area contributed by atoms with E-state index in [1.165, 1.54) is 12.1 Å². The number of hydrogen-bond donors (Lipinski definition) is 0. The Kier molecular flexibility index (Phi) is 12.5. The molecule has 0 spiro atoms. The number of imidazole rings is 2. The quantitative estimate of drug-likeness (QED) is 0.0694. The van der Waals surface area contributed by atoms with E-state index in [2.05, 4.69) is 9.97 Å². The van der Waals surface area contributed by atoms with Crippen molar-refractivity contribution >= 4 is 51.4 Å². The Morgan fingerprint density at radius 1 is 0.547 bits per heavy atom. The fraction of sp³-hybridized carbons (Fsp3) is 0.204. The van der Waals surface area contributed by atoms with Crippen LogP contribution in [0.3, 0.4) is 0 Å². The van der Waals surface area contributed by atoms with Gasteiger partial charge in [-0.25, -0.2) is 14.8 Å². The number of carbonyl (C=O) groups is 1. The molecule has 64 heavy (non-hydrogen) atoms. The third-order valence-corrected chi connectivity index (χ3v) is 11.6. The normalized spacial score (nSPS) is 12.0. The van der Waals surface area contributed by atoms with Crippen molar-refractivity contribution in [1.29, 1.82) is 0 Å². The number of benzene rings is 6. The minimum absolute atomic E-state index is 0.206. The zero-order valence-corrected chi connectivity index (χ0v) is 35.8. The van der Waals surface area contributed by atoms with Gasteiger partial charge in [0.25, 0.3) is 0 Å². The van der Waals surface area contributed by atoms with E-state index in [4.69, 9.17) is 32.7 Å². The van der Waals surface area contributed by atoms with Gasteiger partial charge < -0.3 is 9.47 Å². The maximum Gasteiger partial charge on any atom is 0.519 e. The van der Waals surface area contributed by atoms with Crippen molar-refractivity contribution in [3.8, 4) is 22.9 Å². The molecule has 0 radical (unpaired) electrons. The van der Waals surface area contributed by atoms with Gasteiger partial charge >= 0.3 is 18.5 Å². The average molecular weight is 916 g/mol. The first-order valence-corrected chi connectivity index (χ1v) is 21.2. The molecule has 0 fully saturated rings. The first-order chi connectivity index (χ1) is 30.6. The number of carbonyl (C=O) groups excluding carboxylic acids is 1. The molecular formula is C49H38Cl2F6N4O3. The number of aryl methyl sites for hydroxylation is 6. The Hall–Kier alpha value is -6.31. The molecule has 0 aliphatic rings. The Bertz CT molecular complexity index is 2800. The third-order valence-electron chi connectivity index (χ3n) is 11.0. The molecule has 0 atom stereocenters. The molecule has 0 amide bonds. The van der Waals surface area contributed by atoms with E-state index in [0.717, 1.165) is 45.8 Å². The highest BCUT2D eigenvalue weighted by Gasteiger charge is 2.35. The topological polar surface area (TPSA) is 71.2 Å². The second-order valence-corrected chi connectivity index (χ2v) is 15.9. The lowest BCUT2D eigenvalue weighted by Crippen LogP contribution is -2.16. The highest BCUT2D eigenvalue weighted by molar-refractivity contribution is 6.32. The van der Waals surface area contributed by atoms with Gasteiger partial charge in [0.1, 0.15) is 23.1 Å². The second-order valence-electron chi connectivity index (χ2n) is 15.1. The summed E-state index contributed by atoms with van der Waals surface area (Å²) in [6.07, 6.45) is -6.85.